The lowest BCUT2D eigenvalue weighted by molar-refractivity contribution is 0.525. The summed E-state index contributed by atoms with van der Waals surface area (Å²) in [6.45, 7) is 11.3. The molecule has 0 bridgehead atoms. The molecule has 0 radical (unpaired) electrons. The van der Waals surface area contributed by atoms with Crippen molar-refractivity contribution in [2.24, 2.45) is 5.92 Å². The van der Waals surface area contributed by atoms with Crippen LogP contribution in [0.5, 0.6) is 0 Å². The van der Waals surface area contributed by atoms with Gasteiger partial charge in [0, 0.05) is 0 Å². The Balaban J connectivity index is 2.33. The Morgan fingerprint density at radius 1 is 1.06 bits per heavy atom. The van der Waals surface area contributed by atoms with E-state index in [-0.39, 0.29) is 0 Å². The number of rotatable bonds is 7. The van der Waals surface area contributed by atoms with Gasteiger partial charge in [0.2, 0.25) is 0 Å². The normalized spacial score (nSPS) is 13.0. The van der Waals surface area contributed by atoms with Crippen molar-refractivity contribution in [3.05, 3.63) is 35.4 Å². The van der Waals surface area contributed by atoms with Crippen LogP contribution in [0.25, 0.3) is 0 Å². The van der Waals surface area contributed by atoms with Crippen LogP contribution in [0.1, 0.15) is 51.2 Å². The highest BCUT2D eigenvalue weighted by atomic mass is 14.8. The fraction of sp³-hybridized carbons (Fsp3) is 0.625. The molecule has 0 aromatic heterocycles. The molecule has 1 rings (SSSR count). The van der Waals surface area contributed by atoms with E-state index < -0.39 is 0 Å². The van der Waals surface area contributed by atoms with Crippen molar-refractivity contribution >= 4 is 0 Å². The van der Waals surface area contributed by atoms with Crippen LogP contribution in [-0.4, -0.2) is 13.1 Å². The molecule has 0 aliphatic heterocycles. The summed E-state index contributed by atoms with van der Waals surface area (Å²) in [5.41, 5.74) is 2.90. The molecule has 1 aromatic carbocycles. The molecule has 0 aliphatic carbocycles. The molecule has 1 heteroatoms. The van der Waals surface area contributed by atoms with Gasteiger partial charge in [-0.15, -0.1) is 0 Å². The third kappa shape index (κ3) is 5.36. The predicted octanol–water partition coefficient (Wildman–Crippen LogP) is 3.99. The minimum atomic E-state index is 0.653. The Morgan fingerprint density at radius 2 is 1.71 bits per heavy atom. The van der Waals surface area contributed by atoms with Crippen LogP contribution in [0.2, 0.25) is 0 Å². The summed E-state index contributed by atoms with van der Waals surface area (Å²) in [7, 11) is 0. The summed E-state index contributed by atoms with van der Waals surface area (Å²) in [6.07, 6.45) is 2.35. The van der Waals surface area contributed by atoms with Gasteiger partial charge in [0.15, 0.2) is 0 Å². The second-order valence-corrected chi connectivity index (χ2v) is 5.38. The number of hydrogen-bond donors (Lipinski definition) is 1. The molecule has 0 saturated heterocycles. The number of nitrogens with one attached hydrogen (secondary N) is 1. The van der Waals surface area contributed by atoms with Gasteiger partial charge in [-0.25, -0.2) is 0 Å². The monoisotopic (exact) mass is 233 g/mol. The third-order valence-electron chi connectivity index (χ3n) is 3.26. The molecule has 0 aliphatic rings. The second kappa shape index (κ2) is 7.50. The van der Waals surface area contributed by atoms with E-state index in [0.29, 0.717) is 5.92 Å². The zero-order chi connectivity index (χ0) is 12.7. The van der Waals surface area contributed by atoms with E-state index in [9.17, 15) is 0 Å². The summed E-state index contributed by atoms with van der Waals surface area (Å²) in [4.78, 5) is 0. The van der Waals surface area contributed by atoms with Gasteiger partial charge >= 0.3 is 0 Å². The first kappa shape index (κ1) is 14.2. The van der Waals surface area contributed by atoms with Crippen LogP contribution in [0.4, 0.5) is 0 Å². The maximum atomic E-state index is 3.51. The third-order valence-corrected chi connectivity index (χ3v) is 3.26. The van der Waals surface area contributed by atoms with Crippen molar-refractivity contribution in [3.63, 3.8) is 0 Å². The number of hydrogen-bond acceptors (Lipinski definition) is 1. The minimum absolute atomic E-state index is 0.653. The molecule has 0 fully saturated rings. The fourth-order valence-corrected chi connectivity index (χ4v) is 1.96. The largest absolute Gasteiger partial charge is 0.316 e. The van der Waals surface area contributed by atoms with Crippen molar-refractivity contribution < 1.29 is 0 Å². The van der Waals surface area contributed by atoms with E-state index in [2.05, 4.69) is 57.3 Å². The lowest BCUT2D eigenvalue weighted by Gasteiger charge is -2.14. The van der Waals surface area contributed by atoms with Gasteiger partial charge < -0.3 is 5.32 Å². The lowest BCUT2D eigenvalue weighted by atomic mass is 9.96. The van der Waals surface area contributed by atoms with E-state index in [4.69, 9.17) is 0 Å². The molecule has 1 nitrogen and oxygen atoms in total. The van der Waals surface area contributed by atoms with Crippen LogP contribution in [0.15, 0.2) is 24.3 Å². The Morgan fingerprint density at radius 3 is 2.24 bits per heavy atom. The summed E-state index contributed by atoms with van der Waals surface area (Å²) in [5, 5.41) is 3.51. The van der Waals surface area contributed by atoms with Crippen molar-refractivity contribution in [2.75, 3.05) is 13.1 Å². The zero-order valence-electron chi connectivity index (χ0n) is 11.8. The highest BCUT2D eigenvalue weighted by Crippen LogP contribution is 2.19. The summed E-state index contributed by atoms with van der Waals surface area (Å²) < 4.78 is 0. The average molecular weight is 233 g/mol. The zero-order valence-corrected chi connectivity index (χ0v) is 11.8. The number of aryl methyl sites for hydroxylation is 1. The van der Waals surface area contributed by atoms with Crippen molar-refractivity contribution in [2.45, 2.75) is 46.5 Å². The van der Waals surface area contributed by atoms with Crippen LogP contribution in [0.3, 0.4) is 0 Å². The Labute approximate surface area is 107 Å². The minimum Gasteiger partial charge on any atom is -0.316 e. The van der Waals surface area contributed by atoms with Crippen molar-refractivity contribution in [1.29, 1.82) is 0 Å². The van der Waals surface area contributed by atoms with Crippen LogP contribution in [-0.2, 0) is 6.42 Å². The molecule has 1 aromatic rings. The van der Waals surface area contributed by atoms with Gasteiger partial charge in [-0.2, -0.15) is 0 Å². The topological polar surface area (TPSA) is 12.0 Å². The maximum Gasteiger partial charge on any atom is -0.00258 e. The molecule has 1 atom stereocenters. The molecule has 17 heavy (non-hydrogen) atoms. The number of benzene rings is 1. The van der Waals surface area contributed by atoms with Crippen LogP contribution >= 0.6 is 0 Å². The highest BCUT2D eigenvalue weighted by molar-refractivity contribution is 5.24. The van der Waals surface area contributed by atoms with Gasteiger partial charge in [-0.05, 0) is 48.9 Å². The first-order valence-corrected chi connectivity index (χ1v) is 6.93. The lowest BCUT2D eigenvalue weighted by Crippen LogP contribution is -2.21. The van der Waals surface area contributed by atoms with Gasteiger partial charge in [-0.1, -0.05) is 52.0 Å². The molecule has 0 saturated carbocycles. The van der Waals surface area contributed by atoms with E-state index in [1.807, 2.05) is 0 Å². The Hall–Kier alpha value is -0.820. The van der Waals surface area contributed by atoms with Gasteiger partial charge in [0.1, 0.15) is 0 Å². The molecule has 1 unspecified atom stereocenters. The van der Waals surface area contributed by atoms with Crippen molar-refractivity contribution in [1.82, 2.24) is 5.32 Å². The van der Waals surface area contributed by atoms with Crippen molar-refractivity contribution in [3.8, 4) is 0 Å². The molecule has 1 N–H and O–H groups in total. The molecule has 0 spiro atoms. The molecular formula is C16H27N. The Bertz CT molecular complexity index is 300. The summed E-state index contributed by atoms with van der Waals surface area (Å²) in [6, 6.07) is 9.08. The first-order chi connectivity index (χ1) is 8.13. The average Bonchev–Trinajstić information content (AvgIpc) is 2.34. The van der Waals surface area contributed by atoms with E-state index in [0.717, 1.165) is 25.4 Å². The first-order valence-electron chi connectivity index (χ1n) is 6.93. The van der Waals surface area contributed by atoms with Gasteiger partial charge in [-0.3, -0.25) is 0 Å². The Kier molecular flexibility index (Phi) is 6.28. The predicted molar refractivity (Wildman–Crippen MR) is 76.6 cm³/mol. The molecule has 0 amide bonds. The standard InChI is InChI=1S/C16H27N/c1-5-15-6-8-16(9-7-15)14(4)10-11-17-12-13(2)3/h6-9,13-14,17H,5,10-12H2,1-4H3. The maximum absolute atomic E-state index is 3.51. The molecule has 0 heterocycles. The summed E-state index contributed by atoms with van der Waals surface area (Å²) in [5.74, 6) is 1.40. The van der Waals surface area contributed by atoms with E-state index in [1.165, 1.54) is 17.5 Å². The highest BCUT2D eigenvalue weighted by Gasteiger charge is 2.05. The van der Waals surface area contributed by atoms with E-state index >= 15 is 0 Å². The SMILES string of the molecule is CCc1ccc(C(C)CCNCC(C)C)cc1. The second-order valence-electron chi connectivity index (χ2n) is 5.38. The van der Waals surface area contributed by atoms with Crippen LogP contribution in [0, 0.1) is 5.92 Å². The van der Waals surface area contributed by atoms with E-state index in [1.54, 1.807) is 0 Å². The van der Waals surface area contributed by atoms with Gasteiger partial charge in [0.25, 0.3) is 0 Å². The quantitative estimate of drug-likeness (QED) is 0.702. The van der Waals surface area contributed by atoms with Crippen LogP contribution < -0.4 is 5.32 Å². The van der Waals surface area contributed by atoms with Gasteiger partial charge in [0.05, 0.1) is 0 Å². The smallest absolute Gasteiger partial charge is 0.00258 e. The molecular weight excluding hydrogens is 206 g/mol. The fourth-order valence-electron chi connectivity index (χ4n) is 1.96. The molecule has 96 valence electrons. The summed E-state index contributed by atoms with van der Waals surface area (Å²) >= 11 is 0.